The third kappa shape index (κ3) is 6.76. The minimum atomic E-state index is -1.49. The second kappa shape index (κ2) is 16.4. The van der Waals surface area contributed by atoms with Crippen molar-refractivity contribution in [3.05, 3.63) is 270 Å². The highest BCUT2D eigenvalue weighted by molar-refractivity contribution is 6.88. The van der Waals surface area contributed by atoms with Crippen LogP contribution in [-0.2, 0) is 5.41 Å². The molecule has 3 heteroatoms. The molecule has 0 saturated carbocycles. The number of hydrogen-bond donors (Lipinski definition) is 0. The summed E-state index contributed by atoms with van der Waals surface area (Å²) in [4.78, 5) is 4.80. The summed E-state index contributed by atoms with van der Waals surface area (Å²) >= 11 is 0. The Morgan fingerprint density at radius 3 is 1.40 bits per heavy atom. The monoisotopic (exact) mass is 888 g/mol. The number of hydrogen-bond acceptors (Lipinski definition) is 2. The third-order valence-corrected chi connectivity index (χ3v) is 16.3. The first-order valence-corrected chi connectivity index (χ1v) is 27.3. The maximum Gasteiger partial charge on any atom is 0.0775 e. The molecular weight excluding hydrogens is 837 g/mol. The van der Waals surface area contributed by atoms with Crippen LogP contribution in [0.3, 0.4) is 0 Å². The lowest BCUT2D eigenvalue weighted by Gasteiger charge is -2.35. The lowest BCUT2D eigenvalue weighted by Crippen LogP contribution is -2.37. The van der Waals surface area contributed by atoms with Gasteiger partial charge in [0.25, 0.3) is 0 Å². The number of aryl methyl sites for hydroxylation is 1. The van der Waals surface area contributed by atoms with Crippen LogP contribution in [0.15, 0.2) is 243 Å². The lowest BCUT2D eigenvalue weighted by molar-refractivity contribution is 0.777. The van der Waals surface area contributed by atoms with E-state index >= 15 is 0 Å². The van der Waals surface area contributed by atoms with Crippen molar-refractivity contribution >= 4 is 79.7 Å². The van der Waals surface area contributed by atoms with Gasteiger partial charge in [0.15, 0.2) is 0 Å². The van der Waals surface area contributed by atoms with Crippen LogP contribution in [0.1, 0.15) is 27.8 Å². The predicted molar refractivity (Wildman–Crippen MR) is 293 cm³/mol. The molecule has 11 aromatic carbocycles. The van der Waals surface area contributed by atoms with E-state index in [4.69, 9.17) is 0 Å². The zero-order valence-corrected chi connectivity index (χ0v) is 40.0. The summed E-state index contributed by atoms with van der Waals surface area (Å²) in [6, 6.07) is 90.6. The lowest BCUT2D eigenvalue weighted by atomic mass is 9.66. The topological polar surface area (TPSA) is 6.48 Å². The molecule has 0 radical (unpaired) electrons. The van der Waals surface area contributed by atoms with Crippen molar-refractivity contribution < 1.29 is 0 Å². The molecule has 0 aromatic heterocycles. The van der Waals surface area contributed by atoms with Gasteiger partial charge in [0.1, 0.15) is 0 Å². The molecule has 1 aliphatic rings. The van der Waals surface area contributed by atoms with E-state index in [2.05, 4.69) is 279 Å². The van der Waals surface area contributed by atoms with Gasteiger partial charge < -0.3 is 9.80 Å². The van der Waals surface area contributed by atoms with Crippen LogP contribution >= 0.6 is 0 Å². The van der Waals surface area contributed by atoms with Crippen molar-refractivity contribution in [3.8, 4) is 11.1 Å². The summed E-state index contributed by atoms with van der Waals surface area (Å²) in [5.41, 5.74) is 15.1. The standard InChI is InChI=1S/C65H52N2Si/c1-45-29-32-52(33-30-45)67(51-25-15-8-16-26-51)55-37-40-59-60(44-55)57-27-17-18-28-58(57)63-61-42-46-31-34-54(66(50-23-13-7-14-24-50)53-35-38-56(39-36-53)68(2,3)4)41-47(46)43-62(61)65(64(59)63,48-19-9-5-10-20-48)49-21-11-6-12-22-49/h5-44H,1-4H3. The van der Waals surface area contributed by atoms with Crippen LogP contribution in [0.25, 0.3) is 43.4 Å². The summed E-state index contributed by atoms with van der Waals surface area (Å²) in [5, 5.41) is 8.88. The van der Waals surface area contributed by atoms with Gasteiger partial charge in [-0.25, -0.2) is 0 Å². The van der Waals surface area contributed by atoms with Crippen LogP contribution in [0, 0.1) is 6.92 Å². The molecule has 68 heavy (non-hydrogen) atoms. The highest BCUT2D eigenvalue weighted by Gasteiger charge is 2.48. The third-order valence-electron chi connectivity index (χ3n) is 14.3. The zero-order chi connectivity index (χ0) is 46.0. The van der Waals surface area contributed by atoms with E-state index in [1.54, 1.807) is 0 Å². The van der Waals surface area contributed by atoms with Crippen LogP contribution in [0.4, 0.5) is 34.1 Å². The van der Waals surface area contributed by atoms with Gasteiger partial charge in [-0.2, -0.15) is 0 Å². The maximum absolute atomic E-state index is 2.52. The molecule has 1 aliphatic carbocycles. The Balaban J connectivity index is 1.14. The molecule has 0 atom stereocenters. The number of anilines is 6. The van der Waals surface area contributed by atoms with Gasteiger partial charge in [0.05, 0.1) is 13.5 Å². The molecule has 12 rings (SSSR count). The highest BCUT2D eigenvalue weighted by Crippen LogP contribution is 2.61. The molecule has 0 N–H and O–H groups in total. The van der Waals surface area contributed by atoms with Gasteiger partial charge in [0, 0.05) is 34.1 Å². The minimum Gasteiger partial charge on any atom is -0.310 e. The number of rotatable bonds is 9. The Kier molecular flexibility index (Phi) is 10.0. The SMILES string of the molecule is Cc1ccc(N(c2ccccc2)c2ccc3c4c(c5ccccc5c3c2)-c2cc3ccc(N(c5ccccc5)c5ccc([Si](C)(C)C)cc5)cc3cc2C4(c2ccccc2)c2ccccc2)cc1. The molecule has 0 bridgehead atoms. The molecule has 0 spiro atoms. The molecule has 0 heterocycles. The van der Waals surface area contributed by atoms with Crippen molar-refractivity contribution in [2.24, 2.45) is 0 Å². The first-order chi connectivity index (χ1) is 33.3. The van der Waals surface area contributed by atoms with Gasteiger partial charge in [0.2, 0.25) is 0 Å². The summed E-state index contributed by atoms with van der Waals surface area (Å²) < 4.78 is 0. The van der Waals surface area contributed by atoms with Gasteiger partial charge in [-0.05, 0) is 158 Å². The van der Waals surface area contributed by atoms with Crippen molar-refractivity contribution in [2.75, 3.05) is 9.80 Å². The average Bonchev–Trinajstić information content (AvgIpc) is 3.68. The Bertz CT molecular complexity index is 3600. The first kappa shape index (κ1) is 41.4. The van der Waals surface area contributed by atoms with Crippen molar-refractivity contribution in [3.63, 3.8) is 0 Å². The van der Waals surface area contributed by atoms with Crippen molar-refractivity contribution in [1.29, 1.82) is 0 Å². The molecule has 0 fully saturated rings. The Hall–Kier alpha value is -7.98. The van der Waals surface area contributed by atoms with E-state index in [-0.39, 0.29) is 0 Å². The molecule has 0 amide bonds. The van der Waals surface area contributed by atoms with Gasteiger partial charge >= 0.3 is 0 Å². The molecule has 0 saturated heterocycles. The van der Waals surface area contributed by atoms with E-state index < -0.39 is 13.5 Å². The highest BCUT2D eigenvalue weighted by atomic mass is 28.3. The maximum atomic E-state index is 2.52. The summed E-state index contributed by atoms with van der Waals surface area (Å²) in [7, 11) is -1.49. The van der Waals surface area contributed by atoms with Gasteiger partial charge in [-0.3, -0.25) is 0 Å². The van der Waals surface area contributed by atoms with Gasteiger partial charge in [-0.1, -0.05) is 188 Å². The summed E-state index contributed by atoms with van der Waals surface area (Å²) in [6.45, 7) is 9.39. The molecule has 0 aliphatic heterocycles. The molecule has 2 nitrogen and oxygen atoms in total. The number of nitrogens with zero attached hydrogens (tertiary/aromatic N) is 2. The predicted octanol–water partition coefficient (Wildman–Crippen LogP) is 17.3. The van der Waals surface area contributed by atoms with Crippen LogP contribution in [-0.4, -0.2) is 8.07 Å². The molecule has 0 unspecified atom stereocenters. The van der Waals surface area contributed by atoms with Gasteiger partial charge in [-0.15, -0.1) is 0 Å². The second-order valence-electron chi connectivity index (χ2n) is 19.4. The normalized spacial score (nSPS) is 12.8. The number of fused-ring (bicyclic) bond motifs is 9. The average molecular weight is 889 g/mol. The Morgan fingerprint density at radius 2 is 0.824 bits per heavy atom. The quantitative estimate of drug-likeness (QED) is 0.105. The van der Waals surface area contributed by atoms with E-state index in [0.717, 1.165) is 34.1 Å². The second-order valence-corrected chi connectivity index (χ2v) is 24.5. The fourth-order valence-corrected chi connectivity index (χ4v) is 12.2. The fraction of sp³-hybridized carbons (Fsp3) is 0.0769. The Labute approximate surface area is 401 Å². The largest absolute Gasteiger partial charge is 0.310 e. The van der Waals surface area contributed by atoms with Crippen molar-refractivity contribution in [1.82, 2.24) is 0 Å². The minimum absolute atomic E-state index is 0.636. The van der Waals surface area contributed by atoms with Crippen LogP contribution in [0.5, 0.6) is 0 Å². The van der Waals surface area contributed by atoms with Crippen LogP contribution < -0.4 is 15.0 Å². The number of para-hydroxylation sites is 2. The molecule has 11 aromatic rings. The fourth-order valence-electron chi connectivity index (χ4n) is 11.1. The summed E-state index contributed by atoms with van der Waals surface area (Å²) in [6.07, 6.45) is 0. The van der Waals surface area contributed by atoms with Crippen LogP contribution in [0.2, 0.25) is 19.6 Å². The summed E-state index contributed by atoms with van der Waals surface area (Å²) in [5.74, 6) is 0. The Morgan fingerprint density at radius 1 is 0.353 bits per heavy atom. The smallest absolute Gasteiger partial charge is 0.0775 e. The van der Waals surface area contributed by atoms with E-state index in [1.807, 2.05) is 0 Å². The van der Waals surface area contributed by atoms with E-state index in [0.29, 0.717) is 0 Å². The first-order valence-electron chi connectivity index (χ1n) is 23.8. The zero-order valence-electron chi connectivity index (χ0n) is 39.0. The van der Waals surface area contributed by atoms with E-state index in [1.165, 1.54) is 76.4 Å². The van der Waals surface area contributed by atoms with E-state index in [9.17, 15) is 0 Å². The molecular formula is C65H52N2Si. The molecule has 326 valence electrons. The van der Waals surface area contributed by atoms with Crippen molar-refractivity contribution in [2.45, 2.75) is 32.0 Å². The number of benzene rings is 11.